The van der Waals surface area contributed by atoms with E-state index in [1.54, 1.807) is 36.7 Å². The summed E-state index contributed by atoms with van der Waals surface area (Å²) in [7, 11) is -3.79. The molecule has 5 nitrogen and oxygen atoms in total. The number of aromatic nitrogens is 1. The lowest BCUT2D eigenvalue weighted by atomic mass is 10.0. The van der Waals surface area contributed by atoms with Crippen molar-refractivity contribution in [2.45, 2.75) is 11.4 Å². The Hall–Kier alpha value is -3.64. The molecule has 0 aliphatic heterocycles. The predicted molar refractivity (Wildman–Crippen MR) is 120 cm³/mol. The van der Waals surface area contributed by atoms with E-state index in [0.717, 1.165) is 16.7 Å². The molecule has 0 saturated heterocycles. The molecule has 0 radical (unpaired) electrons. The van der Waals surface area contributed by atoms with E-state index < -0.39 is 10.0 Å². The van der Waals surface area contributed by atoms with Gasteiger partial charge in [-0.15, -0.1) is 0 Å². The summed E-state index contributed by atoms with van der Waals surface area (Å²) in [4.78, 5) is 4.28. The molecule has 30 heavy (non-hydrogen) atoms. The number of nitrogens with two attached hydrogens (primary N) is 1. The highest BCUT2D eigenvalue weighted by Gasteiger charge is 2.25. The normalized spacial score (nSPS) is 11.2. The van der Waals surface area contributed by atoms with Gasteiger partial charge in [0.25, 0.3) is 10.0 Å². The molecule has 2 N–H and O–H groups in total. The van der Waals surface area contributed by atoms with Crippen molar-refractivity contribution in [3.8, 4) is 11.1 Å². The summed E-state index contributed by atoms with van der Waals surface area (Å²) in [6.07, 6.45) is 3.17. The van der Waals surface area contributed by atoms with Crippen molar-refractivity contribution >= 4 is 21.4 Å². The minimum Gasteiger partial charge on any atom is -0.399 e. The maximum Gasteiger partial charge on any atom is 0.264 e. The zero-order valence-electron chi connectivity index (χ0n) is 16.2. The number of nitrogens with zero attached hydrogens (tertiary/aromatic N) is 2. The van der Waals surface area contributed by atoms with E-state index in [0.29, 0.717) is 11.4 Å². The second kappa shape index (κ2) is 8.39. The SMILES string of the molecule is Nc1ccc(S(=O)(=O)N(Cc2ccc(-c3ccccc3)cc2)c2cccnc2)cc1. The zero-order chi connectivity index (χ0) is 21.0. The third-order valence-electron chi connectivity index (χ3n) is 4.79. The van der Waals surface area contributed by atoms with Crippen LogP contribution < -0.4 is 10.0 Å². The van der Waals surface area contributed by atoms with Crippen LogP contribution in [0.1, 0.15) is 5.56 Å². The van der Waals surface area contributed by atoms with E-state index in [1.807, 2.05) is 54.6 Å². The summed E-state index contributed by atoms with van der Waals surface area (Å²) in [5.41, 5.74) is 9.80. The molecule has 6 heteroatoms. The Morgan fingerprint density at radius 3 is 2.07 bits per heavy atom. The number of nitrogen functional groups attached to an aromatic ring is 1. The molecule has 1 heterocycles. The monoisotopic (exact) mass is 415 g/mol. The Labute approximate surface area is 176 Å². The second-order valence-electron chi connectivity index (χ2n) is 6.85. The third kappa shape index (κ3) is 4.18. The van der Waals surface area contributed by atoms with Crippen LogP contribution in [-0.2, 0) is 16.6 Å². The second-order valence-corrected chi connectivity index (χ2v) is 8.72. The number of pyridine rings is 1. The van der Waals surface area contributed by atoms with Gasteiger partial charge in [-0.3, -0.25) is 9.29 Å². The number of sulfonamides is 1. The maximum absolute atomic E-state index is 13.4. The van der Waals surface area contributed by atoms with E-state index in [1.165, 1.54) is 16.4 Å². The lowest BCUT2D eigenvalue weighted by Crippen LogP contribution is -2.30. The van der Waals surface area contributed by atoms with Crippen molar-refractivity contribution in [2.24, 2.45) is 0 Å². The lowest BCUT2D eigenvalue weighted by molar-refractivity contribution is 0.590. The van der Waals surface area contributed by atoms with Gasteiger partial charge in [-0.2, -0.15) is 0 Å². The average molecular weight is 416 g/mol. The Balaban J connectivity index is 1.68. The summed E-state index contributed by atoms with van der Waals surface area (Å²) < 4.78 is 28.2. The molecule has 4 aromatic rings. The first kappa shape index (κ1) is 19.7. The highest BCUT2D eigenvalue weighted by atomic mass is 32.2. The molecule has 0 fully saturated rings. The van der Waals surface area contributed by atoms with Gasteiger partial charge in [-0.25, -0.2) is 8.42 Å². The largest absolute Gasteiger partial charge is 0.399 e. The molecule has 4 rings (SSSR count). The van der Waals surface area contributed by atoms with Gasteiger partial charge in [0, 0.05) is 11.9 Å². The summed E-state index contributed by atoms with van der Waals surface area (Å²) in [6.45, 7) is 0.188. The number of hydrogen-bond acceptors (Lipinski definition) is 4. The fourth-order valence-corrected chi connectivity index (χ4v) is 4.62. The molecule has 0 unspecified atom stereocenters. The van der Waals surface area contributed by atoms with Crippen molar-refractivity contribution in [1.29, 1.82) is 0 Å². The number of rotatable bonds is 6. The first-order valence-electron chi connectivity index (χ1n) is 9.47. The summed E-state index contributed by atoms with van der Waals surface area (Å²) in [5, 5.41) is 0. The highest BCUT2D eigenvalue weighted by Crippen LogP contribution is 2.27. The van der Waals surface area contributed by atoms with E-state index in [-0.39, 0.29) is 11.4 Å². The third-order valence-corrected chi connectivity index (χ3v) is 6.58. The summed E-state index contributed by atoms with van der Waals surface area (Å²) in [5.74, 6) is 0. The Bertz CT molecular complexity index is 1210. The van der Waals surface area contributed by atoms with Crippen LogP contribution in [0.2, 0.25) is 0 Å². The van der Waals surface area contributed by atoms with Gasteiger partial charge in [-0.1, -0.05) is 54.6 Å². The van der Waals surface area contributed by atoms with Crippen molar-refractivity contribution < 1.29 is 8.42 Å². The topological polar surface area (TPSA) is 76.3 Å². The summed E-state index contributed by atoms with van der Waals surface area (Å²) >= 11 is 0. The van der Waals surface area contributed by atoms with Crippen LogP contribution in [0.25, 0.3) is 11.1 Å². The van der Waals surface area contributed by atoms with Gasteiger partial charge in [0.05, 0.1) is 23.3 Å². The molecule has 0 atom stereocenters. The molecule has 1 aromatic heterocycles. The standard InChI is InChI=1S/C24H21N3O2S/c25-22-12-14-24(15-13-22)30(28,29)27(23-7-4-16-26-17-23)18-19-8-10-21(11-9-19)20-5-2-1-3-6-20/h1-17H,18,25H2. The van der Waals surface area contributed by atoms with Gasteiger partial charge >= 0.3 is 0 Å². The van der Waals surface area contributed by atoms with Crippen LogP contribution in [0, 0.1) is 0 Å². The van der Waals surface area contributed by atoms with Crippen LogP contribution in [0.3, 0.4) is 0 Å². The Morgan fingerprint density at radius 2 is 1.43 bits per heavy atom. The Morgan fingerprint density at radius 1 is 0.767 bits per heavy atom. The minimum absolute atomic E-state index is 0.182. The molecule has 0 aliphatic carbocycles. The Kier molecular flexibility index (Phi) is 5.50. The van der Waals surface area contributed by atoms with Crippen molar-refractivity contribution in [3.63, 3.8) is 0 Å². The summed E-state index contributed by atoms with van der Waals surface area (Å²) in [6, 6.07) is 27.6. The van der Waals surface area contributed by atoms with Gasteiger partial charge < -0.3 is 5.73 Å². The molecule has 3 aromatic carbocycles. The molecule has 150 valence electrons. The van der Waals surface area contributed by atoms with Gasteiger partial charge in [0.2, 0.25) is 0 Å². The fourth-order valence-electron chi connectivity index (χ4n) is 3.18. The van der Waals surface area contributed by atoms with Gasteiger partial charge in [-0.05, 0) is 53.1 Å². The highest BCUT2D eigenvalue weighted by molar-refractivity contribution is 7.92. The van der Waals surface area contributed by atoms with Gasteiger partial charge in [0.15, 0.2) is 0 Å². The van der Waals surface area contributed by atoms with Crippen LogP contribution in [-0.4, -0.2) is 13.4 Å². The lowest BCUT2D eigenvalue weighted by Gasteiger charge is -2.24. The average Bonchev–Trinajstić information content (AvgIpc) is 2.79. The van der Waals surface area contributed by atoms with Crippen molar-refractivity contribution in [2.75, 3.05) is 10.0 Å². The van der Waals surface area contributed by atoms with E-state index >= 15 is 0 Å². The number of hydrogen-bond donors (Lipinski definition) is 1. The first-order chi connectivity index (χ1) is 14.5. The van der Waals surface area contributed by atoms with E-state index in [2.05, 4.69) is 4.98 Å². The molecule has 0 amide bonds. The minimum atomic E-state index is -3.79. The van der Waals surface area contributed by atoms with Crippen LogP contribution in [0.4, 0.5) is 11.4 Å². The smallest absolute Gasteiger partial charge is 0.264 e. The first-order valence-corrected chi connectivity index (χ1v) is 10.9. The van der Waals surface area contributed by atoms with Crippen molar-refractivity contribution in [3.05, 3.63) is 109 Å². The maximum atomic E-state index is 13.4. The quantitative estimate of drug-likeness (QED) is 0.462. The van der Waals surface area contributed by atoms with Crippen molar-refractivity contribution in [1.82, 2.24) is 4.98 Å². The number of benzene rings is 3. The molecule has 0 spiro atoms. The molecular weight excluding hydrogens is 394 g/mol. The number of anilines is 2. The van der Waals surface area contributed by atoms with Crippen LogP contribution in [0.5, 0.6) is 0 Å². The predicted octanol–water partition coefficient (Wildman–Crippen LogP) is 4.73. The van der Waals surface area contributed by atoms with Crippen LogP contribution in [0.15, 0.2) is 108 Å². The van der Waals surface area contributed by atoms with Crippen LogP contribution >= 0.6 is 0 Å². The van der Waals surface area contributed by atoms with Gasteiger partial charge in [0.1, 0.15) is 0 Å². The zero-order valence-corrected chi connectivity index (χ0v) is 17.0. The fraction of sp³-hybridized carbons (Fsp3) is 0.0417. The van der Waals surface area contributed by atoms with E-state index in [9.17, 15) is 8.42 Å². The molecule has 0 saturated carbocycles. The molecule has 0 aliphatic rings. The molecule has 0 bridgehead atoms. The molecular formula is C24H21N3O2S. The van der Waals surface area contributed by atoms with E-state index in [4.69, 9.17) is 5.73 Å².